The van der Waals surface area contributed by atoms with Crippen molar-refractivity contribution in [3.63, 3.8) is 0 Å². The summed E-state index contributed by atoms with van der Waals surface area (Å²) >= 11 is 3.43. The molecule has 0 saturated heterocycles. The molecule has 1 amide bonds. The van der Waals surface area contributed by atoms with Crippen LogP contribution in [0.1, 0.15) is 43.7 Å². The van der Waals surface area contributed by atoms with Gasteiger partial charge in [0, 0.05) is 21.4 Å². The molecule has 0 aliphatic carbocycles. The third-order valence-corrected chi connectivity index (χ3v) is 5.23. The molecule has 0 radical (unpaired) electrons. The molecule has 1 unspecified atom stereocenters. The van der Waals surface area contributed by atoms with Gasteiger partial charge in [-0.15, -0.1) is 0 Å². The third-order valence-electron chi connectivity index (χ3n) is 4.70. The maximum Gasteiger partial charge on any atom is 0.337 e. The van der Waals surface area contributed by atoms with Gasteiger partial charge < -0.3 is 4.74 Å². The molecule has 6 nitrogen and oxygen atoms in total. The quantitative estimate of drug-likeness (QED) is 0.643. The maximum absolute atomic E-state index is 13.1. The molecule has 27 heavy (non-hydrogen) atoms. The number of aryl methyl sites for hydroxylation is 1. The van der Waals surface area contributed by atoms with Crippen LogP contribution in [0.25, 0.3) is 0 Å². The zero-order chi connectivity index (χ0) is 19.1. The summed E-state index contributed by atoms with van der Waals surface area (Å²) in [4.78, 5) is 26.5. The van der Waals surface area contributed by atoms with Gasteiger partial charge in [-0.25, -0.2) is 4.79 Å². The van der Waals surface area contributed by atoms with Gasteiger partial charge in [0.1, 0.15) is 0 Å². The maximum atomic E-state index is 13.1. The summed E-state index contributed by atoms with van der Waals surface area (Å²) in [5.74, 6) is -0.548. The summed E-state index contributed by atoms with van der Waals surface area (Å²) in [5.41, 5.74) is 4.26. The molecule has 3 aromatic rings. The number of rotatable bonds is 3. The number of aromatic nitrogens is 2. The highest BCUT2D eigenvalue weighted by Gasteiger charge is 2.42. The van der Waals surface area contributed by atoms with Crippen LogP contribution in [-0.4, -0.2) is 29.2 Å². The van der Waals surface area contributed by atoms with Crippen LogP contribution in [0.15, 0.2) is 53.0 Å². The van der Waals surface area contributed by atoms with Gasteiger partial charge in [-0.1, -0.05) is 28.1 Å². The van der Waals surface area contributed by atoms with Crippen LogP contribution in [0.2, 0.25) is 0 Å². The van der Waals surface area contributed by atoms with Crippen LogP contribution in [0, 0.1) is 6.92 Å². The van der Waals surface area contributed by atoms with E-state index < -0.39 is 5.97 Å². The van der Waals surface area contributed by atoms with E-state index in [2.05, 4.69) is 26.1 Å². The minimum Gasteiger partial charge on any atom is -0.465 e. The largest absolute Gasteiger partial charge is 0.465 e. The van der Waals surface area contributed by atoms with Crippen LogP contribution >= 0.6 is 15.9 Å². The summed E-state index contributed by atoms with van der Waals surface area (Å²) in [7, 11) is 1.35. The second-order valence-corrected chi connectivity index (χ2v) is 7.19. The van der Waals surface area contributed by atoms with E-state index in [9.17, 15) is 9.59 Å². The number of aromatic amines is 1. The first-order valence-electron chi connectivity index (χ1n) is 8.33. The zero-order valence-corrected chi connectivity index (χ0v) is 16.3. The molecule has 1 aromatic heterocycles. The standard InChI is InChI=1S/C20H16BrN3O3/c1-11-16-17(23-22-11)19(25)24(15-9-7-14(21)8-10-15)18(16)12-3-5-13(6-4-12)20(26)27-2/h3-10,18H,1-2H3,(H,22,23). The predicted octanol–water partition coefficient (Wildman–Crippen LogP) is 4.02. The molecule has 0 fully saturated rings. The molecule has 2 aromatic carbocycles. The normalized spacial score (nSPS) is 15.7. The average molecular weight is 426 g/mol. The van der Waals surface area contributed by atoms with E-state index in [4.69, 9.17) is 4.74 Å². The highest BCUT2D eigenvalue weighted by molar-refractivity contribution is 9.10. The minimum atomic E-state index is -0.394. The van der Waals surface area contributed by atoms with E-state index in [1.54, 1.807) is 17.0 Å². The molecule has 1 aliphatic heterocycles. The van der Waals surface area contributed by atoms with Crippen molar-refractivity contribution < 1.29 is 14.3 Å². The van der Waals surface area contributed by atoms with Gasteiger partial charge in [0.15, 0.2) is 5.69 Å². The fraction of sp³-hybridized carbons (Fsp3) is 0.150. The van der Waals surface area contributed by atoms with Gasteiger partial charge in [0.25, 0.3) is 5.91 Å². The number of hydrogen-bond acceptors (Lipinski definition) is 4. The first-order chi connectivity index (χ1) is 13.0. The van der Waals surface area contributed by atoms with Crippen molar-refractivity contribution in [2.45, 2.75) is 13.0 Å². The number of halogens is 1. The van der Waals surface area contributed by atoms with Crippen molar-refractivity contribution in [1.29, 1.82) is 0 Å². The Morgan fingerprint density at radius 2 is 1.81 bits per heavy atom. The summed E-state index contributed by atoms with van der Waals surface area (Å²) in [6, 6.07) is 14.4. The van der Waals surface area contributed by atoms with Crippen LogP contribution in [-0.2, 0) is 4.74 Å². The molecule has 0 saturated carbocycles. The number of benzene rings is 2. The minimum absolute atomic E-state index is 0.154. The van der Waals surface area contributed by atoms with E-state index in [0.29, 0.717) is 11.3 Å². The van der Waals surface area contributed by atoms with E-state index in [1.165, 1.54) is 7.11 Å². The van der Waals surface area contributed by atoms with Crippen molar-refractivity contribution in [2.75, 3.05) is 12.0 Å². The van der Waals surface area contributed by atoms with Crippen molar-refractivity contribution in [3.05, 3.63) is 81.1 Å². The SMILES string of the molecule is COC(=O)c1ccc(C2c3c(n[nH]c3C)C(=O)N2c2ccc(Br)cc2)cc1. The number of esters is 1. The van der Waals surface area contributed by atoms with Gasteiger partial charge in [0.05, 0.1) is 18.7 Å². The Kier molecular flexibility index (Phi) is 4.31. The Morgan fingerprint density at radius 3 is 2.44 bits per heavy atom. The number of fused-ring (bicyclic) bond motifs is 1. The van der Waals surface area contributed by atoms with Crippen LogP contribution in [0.4, 0.5) is 5.69 Å². The van der Waals surface area contributed by atoms with Crippen LogP contribution in [0.3, 0.4) is 0 Å². The number of H-pyrrole nitrogens is 1. The molecule has 7 heteroatoms. The van der Waals surface area contributed by atoms with E-state index >= 15 is 0 Å². The van der Waals surface area contributed by atoms with Crippen LogP contribution < -0.4 is 4.90 Å². The van der Waals surface area contributed by atoms with Gasteiger partial charge in [-0.3, -0.25) is 14.8 Å². The zero-order valence-electron chi connectivity index (χ0n) is 14.7. The lowest BCUT2D eigenvalue weighted by molar-refractivity contribution is 0.0600. The number of nitrogens with zero attached hydrogens (tertiary/aromatic N) is 2. The predicted molar refractivity (Wildman–Crippen MR) is 104 cm³/mol. The van der Waals surface area contributed by atoms with E-state index in [0.717, 1.165) is 27.0 Å². The van der Waals surface area contributed by atoms with Crippen molar-refractivity contribution in [3.8, 4) is 0 Å². The second kappa shape index (κ2) is 6.66. The molecule has 1 atom stereocenters. The average Bonchev–Trinajstić information content (AvgIpc) is 3.20. The molecule has 0 bridgehead atoms. The number of anilines is 1. The summed E-state index contributed by atoms with van der Waals surface area (Å²) < 4.78 is 5.70. The smallest absolute Gasteiger partial charge is 0.337 e. The van der Waals surface area contributed by atoms with E-state index in [1.807, 2.05) is 43.3 Å². The number of hydrogen-bond donors (Lipinski definition) is 1. The Bertz CT molecular complexity index is 1030. The Morgan fingerprint density at radius 1 is 1.15 bits per heavy atom. The van der Waals surface area contributed by atoms with Crippen molar-refractivity contribution >= 4 is 33.5 Å². The van der Waals surface area contributed by atoms with Crippen molar-refractivity contribution in [1.82, 2.24) is 10.2 Å². The van der Waals surface area contributed by atoms with Crippen molar-refractivity contribution in [2.24, 2.45) is 0 Å². The molecule has 4 rings (SSSR count). The van der Waals surface area contributed by atoms with Crippen LogP contribution in [0.5, 0.6) is 0 Å². The number of methoxy groups -OCH3 is 1. The topological polar surface area (TPSA) is 75.3 Å². The first kappa shape index (κ1) is 17.5. The monoisotopic (exact) mass is 425 g/mol. The third kappa shape index (κ3) is 2.84. The Hall–Kier alpha value is -2.93. The fourth-order valence-electron chi connectivity index (χ4n) is 3.40. The van der Waals surface area contributed by atoms with Gasteiger partial charge >= 0.3 is 5.97 Å². The van der Waals surface area contributed by atoms with Gasteiger partial charge in [-0.05, 0) is 48.9 Å². The number of carbonyl (C=O) groups is 2. The van der Waals surface area contributed by atoms with E-state index in [-0.39, 0.29) is 11.9 Å². The number of nitrogens with one attached hydrogen (secondary N) is 1. The molecule has 2 heterocycles. The lowest BCUT2D eigenvalue weighted by atomic mass is 9.98. The molecular formula is C20H16BrN3O3. The molecule has 1 N–H and O–H groups in total. The Labute approximate surface area is 164 Å². The Balaban J connectivity index is 1.83. The lowest BCUT2D eigenvalue weighted by Crippen LogP contribution is -2.29. The van der Waals surface area contributed by atoms with Gasteiger partial charge in [-0.2, -0.15) is 5.10 Å². The molecule has 0 spiro atoms. The highest BCUT2D eigenvalue weighted by Crippen LogP contribution is 2.42. The second-order valence-electron chi connectivity index (χ2n) is 6.28. The number of carbonyl (C=O) groups excluding carboxylic acids is 2. The lowest BCUT2D eigenvalue weighted by Gasteiger charge is -2.26. The summed E-state index contributed by atoms with van der Waals surface area (Å²) in [5, 5.41) is 7.12. The molecule has 136 valence electrons. The fourth-order valence-corrected chi connectivity index (χ4v) is 3.66. The molecule has 1 aliphatic rings. The number of amides is 1. The summed E-state index contributed by atoms with van der Waals surface area (Å²) in [6.07, 6.45) is 0. The number of ether oxygens (including phenoxy) is 1. The first-order valence-corrected chi connectivity index (χ1v) is 9.13. The highest BCUT2D eigenvalue weighted by atomic mass is 79.9. The van der Waals surface area contributed by atoms with Gasteiger partial charge in [0.2, 0.25) is 0 Å². The molecular weight excluding hydrogens is 410 g/mol. The summed E-state index contributed by atoms with van der Waals surface area (Å²) in [6.45, 7) is 1.90.